The van der Waals surface area contributed by atoms with E-state index in [0.717, 1.165) is 10.7 Å². The van der Waals surface area contributed by atoms with Crippen molar-refractivity contribution in [3.05, 3.63) is 94.0 Å². The molecule has 0 bridgehead atoms. The summed E-state index contributed by atoms with van der Waals surface area (Å²) in [5.41, 5.74) is 0.320. The molecule has 0 aliphatic heterocycles. The molecule has 0 amide bonds. The van der Waals surface area contributed by atoms with Crippen LogP contribution in [0.4, 0.5) is 8.78 Å². The number of halogens is 2. The Bertz CT molecular complexity index is 1330. The highest BCUT2D eigenvalue weighted by molar-refractivity contribution is 5.93. The first-order chi connectivity index (χ1) is 14.0. The fraction of sp³-hybridized carbons (Fsp3) is 0.0476. The van der Waals surface area contributed by atoms with Gasteiger partial charge >= 0.3 is 0 Å². The first-order valence-electron chi connectivity index (χ1n) is 8.83. The van der Waals surface area contributed by atoms with Crippen LogP contribution in [-0.2, 0) is 6.52 Å². The molecule has 28 heavy (non-hydrogen) atoms. The van der Waals surface area contributed by atoms with E-state index < -0.39 is 24.0 Å². The fourth-order valence-corrected chi connectivity index (χ4v) is 2.87. The number of fused-ring (bicyclic) bond motifs is 1. The second-order valence-corrected chi connectivity index (χ2v) is 5.98. The smallest absolute Gasteiger partial charge is 0.267 e. The minimum atomic E-state index is -1.23. The lowest BCUT2D eigenvalue weighted by Crippen LogP contribution is -2.24. The number of pyridine rings is 1. The number of nitriles is 1. The third-order valence-corrected chi connectivity index (χ3v) is 4.21. The molecule has 2 aromatic heterocycles. The quantitative estimate of drug-likeness (QED) is 0.513. The summed E-state index contributed by atoms with van der Waals surface area (Å²) in [6.07, 6.45) is 0. The van der Waals surface area contributed by atoms with Crippen molar-refractivity contribution in [3.63, 3.8) is 0 Å². The molecule has 2 aromatic carbocycles. The molecule has 136 valence electrons. The molecule has 2 heterocycles. The van der Waals surface area contributed by atoms with E-state index in [9.17, 15) is 13.6 Å². The standard InChI is InChI=1S/C21H12F2N4O/c22-18-10-9-17(20(23)25-18)19-15-3-1-2-4-16(15)21(28)27(26-19)12-14-7-5-13(11-24)6-8-14/h1-10H,12H2/i12D. The van der Waals surface area contributed by atoms with Gasteiger partial charge in [0.25, 0.3) is 5.56 Å². The zero-order valence-corrected chi connectivity index (χ0v) is 14.3. The van der Waals surface area contributed by atoms with Gasteiger partial charge < -0.3 is 0 Å². The maximum atomic E-state index is 14.3. The van der Waals surface area contributed by atoms with Crippen molar-refractivity contribution in [2.45, 2.75) is 6.52 Å². The normalized spacial score (nSPS) is 12.4. The Morgan fingerprint density at radius 3 is 2.43 bits per heavy atom. The average Bonchev–Trinajstić information content (AvgIpc) is 2.74. The van der Waals surface area contributed by atoms with E-state index in [0.29, 0.717) is 16.5 Å². The summed E-state index contributed by atoms with van der Waals surface area (Å²) < 4.78 is 37.0. The molecule has 0 saturated carbocycles. The summed E-state index contributed by atoms with van der Waals surface area (Å²) in [6, 6.07) is 16.8. The molecule has 0 radical (unpaired) electrons. The van der Waals surface area contributed by atoms with Crippen LogP contribution in [0.15, 0.2) is 65.5 Å². The molecule has 0 saturated heterocycles. The molecule has 1 atom stereocenters. The van der Waals surface area contributed by atoms with Crippen molar-refractivity contribution in [2.75, 3.05) is 0 Å². The van der Waals surface area contributed by atoms with E-state index in [4.69, 9.17) is 6.63 Å². The lowest BCUT2D eigenvalue weighted by molar-refractivity contribution is 0.514. The van der Waals surface area contributed by atoms with Crippen molar-refractivity contribution < 1.29 is 10.2 Å². The van der Waals surface area contributed by atoms with Crippen LogP contribution in [-0.4, -0.2) is 14.8 Å². The molecule has 5 nitrogen and oxygen atoms in total. The fourth-order valence-electron chi connectivity index (χ4n) is 2.87. The third kappa shape index (κ3) is 3.12. The first kappa shape index (κ1) is 16.3. The van der Waals surface area contributed by atoms with Crippen molar-refractivity contribution in [2.24, 2.45) is 0 Å². The van der Waals surface area contributed by atoms with Crippen molar-refractivity contribution in [1.82, 2.24) is 14.8 Å². The highest BCUT2D eigenvalue weighted by Gasteiger charge is 2.16. The van der Waals surface area contributed by atoms with Gasteiger partial charge in [0.15, 0.2) is 0 Å². The highest BCUT2D eigenvalue weighted by atomic mass is 19.1. The number of hydrogen-bond donors (Lipinski definition) is 0. The molecule has 1 unspecified atom stereocenters. The molecule has 0 aliphatic rings. The second kappa shape index (κ2) is 7.00. The van der Waals surface area contributed by atoms with E-state index in [1.54, 1.807) is 36.4 Å². The molecule has 7 heteroatoms. The number of hydrogen-bond acceptors (Lipinski definition) is 4. The molecule has 4 rings (SSSR count). The summed E-state index contributed by atoms with van der Waals surface area (Å²) in [5, 5.41) is 13.8. The molecule has 0 aliphatic carbocycles. The van der Waals surface area contributed by atoms with Crippen LogP contribution in [0.5, 0.6) is 0 Å². The minimum absolute atomic E-state index is 0.0797. The maximum Gasteiger partial charge on any atom is 0.274 e. The van der Waals surface area contributed by atoms with E-state index in [-0.39, 0.29) is 16.6 Å². The van der Waals surface area contributed by atoms with Crippen LogP contribution >= 0.6 is 0 Å². The first-order valence-corrected chi connectivity index (χ1v) is 8.26. The van der Waals surface area contributed by atoms with Crippen LogP contribution in [0.3, 0.4) is 0 Å². The van der Waals surface area contributed by atoms with Crippen LogP contribution in [0, 0.1) is 23.2 Å². The van der Waals surface area contributed by atoms with Crippen LogP contribution in [0.1, 0.15) is 12.5 Å². The molecular formula is C21H12F2N4O. The summed E-state index contributed by atoms with van der Waals surface area (Å²) in [6.45, 7) is -1.23. The molecule has 0 spiro atoms. The van der Waals surface area contributed by atoms with Crippen molar-refractivity contribution in [3.8, 4) is 17.3 Å². The Morgan fingerprint density at radius 1 is 1.04 bits per heavy atom. The van der Waals surface area contributed by atoms with Gasteiger partial charge in [-0.1, -0.05) is 30.3 Å². The van der Waals surface area contributed by atoms with Gasteiger partial charge in [0.1, 0.15) is 5.69 Å². The SMILES string of the molecule is [2H]C(c1ccc(C#N)cc1)n1nc(-c2ccc(F)nc2F)c2ccccc2c1=O. The molecule has 0 fully saturated rings. The van der Waals surface area contributed by atoms with E-state index in [1.165, 1.54) is 18.2 Å². The van der Waals surface area contributed by atoms with Crippen LogP contribution < -0.4 is 5.56 Å². The van der Waals surface area contributed by atoms with E-state index in [1.807, 2.05) is 6.07 Å². The third-order valence-electron chi connectivity index (χ3n) is 4.21. The Balaban J connectivity index is 1.96. The summed E-state index contributed by atoms with van der Waals surface area (Å²) in [5.74, 6) is -2.03. The summed E-state index contributed by atoms with van der Waals surface area (Å²) >= 11 is 0. The van der Waals surface area contributed by atoms with Gasteiger partial charge in [-0.3, -0.25) is 4.79 Å². The largest absolute Gasteiger partial charge is 0.274 e. The number of aromatic nitrogens is 3. The predicted molar refractivity (Wildman–Crippen MR) is 99.4 cm³/mol. The van der Waals surface area contributed by atoms with Crippen molar-refractivity contribution in [1.29, 1.82) is 5.26 Å². The summed E-state index contributed by atoms with van der Waals surface area (Å²) in [4.78, 5) is 16.1. The summed E-state index contributed by atoms with van der Waals surface area (Å²) in [7, 11) is 0. The topological polar surface area (TPSA) is 71.6 Å². The molecular weight excluding hydrogens is 362 g/mol. The zero-order chi connectivity index (χ0) is 20.5. The lowest BCUT2D eigenvalue weighted by atomic mass is 10.1. The second-order valence-electron chi connectivity index (χ2n) is 5.98. The minimum Gasteiger partial charge on any atom is -0.267 e. The highest BCUT2D eigenvalue weighted by Crippen LogP contribution is 2.26. The van der Waals surface area contributed by atoms with Gasteiger partial charge in [-0.05, 0) is 35.9 Å². The van der Waals surface area contributed by atoms with Crippen molar-refractivity contribution >= 4 is 10.8 Å². The number of rotatable bonds is 3. The Kier molecular flexibility index (Phi) is 4.07. The lowest BCUT2D eigenvalue weighted by Gasteiger charge is -2.12. The maximum absolute atomic E-state index is 14.3. The van der Waals surface area contributed by atoms with E-state index in [2.05, 4.69) is 10.1 Å². The predicted octanol–water partition coefficient (Wildman–Crippen LogP) is 3.66. The zero-order valence-electron chi connectivity index (χ0n) is 15.3. The van der Waals surface area contributed by atoms with Gasteiger partial charge in [0, 0.05) is 5.39 Å². The molecule has 4 aromatic rings. The van der Waals surface area contributed by atoms with Crippen LogP contribution in [0.25, 0.3) is 22.0 Å². The van der Waals surface area contributed by atoms with E-state index >= 15 is 0 Å². The Hall–Kier alpha value is -3.92. The number of benzene rings is 2. The van der Waals surface area contributed by atoms with Gasteiger partial charge in [-0.2, -0.15) is 24.1 Å². The molecule has 0 N–H and O–H groups in total. The van der Waals surface area contributed by atoms with Gasteiger partial charge in [-0.15, -0.1) is 0 Å². The number of nitrogens with zero attached hydrogens (tertiary/aromatic N) is 4. The average molecular weight is 375 g/mol. The van der Waals surface area contributed by atoms with Gasteiger partial charge in [0.2, 0.25) is 11.9 Å². The van der Waals surface area contributed by atoms with Crippen LogP contribution in [0.2, 0.25) is 0 Å². The Morgan fingerprint density at radius 2 is 1.75 bits per heavy atom. The Labute approximate surface area is 159 Å². The van der Waals surface area contributed by atoms with Gasteiger partial charge in [-0.25, -0.2) is 4.68 Å². The monoisotopic (exact) mass is 375 g/mol. The van der Waals surface area contributed by atoms with Gasteiger partial charge in [0.05, 0.1) is 30.5 Å².